The lowest BCUT2D eigenvalue weighted by atomic mass is 10.1. The average molecular weight is 175 g/mol. The quantitative estimate of drug-likeness (QED) is 0.645. The third kappa shape index (κ3) is 2.36. The zero-order valence-electron chi connectivity index (χ0n) is 7.24. The Kier molecular flexibility index (Phi) is 3.69. The van der Waals surface area contributed by atoms with E-state index in [0.717, 1.165) is 6.61 Å². The normalized spacial score (nSPS) is 37.9. The second kappa shape index (κ2) is 4.33. The predicted octanol–water partition coefficient (Wildman–Crippen LogP) is 1.36. The van der Waals surface area contributed by atoms with Crippen molar-refractivity contribution in [2.75, 3.05) is 20.8 Å². The van der Waals surface area contributed by atoms with Gasteiger partial charge < -0.3 is 9.47 Å². The van der Waals surface area contributed by atoms with E-state index in [-0.39, 0.29) is 6.10 Å². The highest BCUT2D eigenvalue weighted by Crippen LogP contribution is 2.34. The molecule has 1 aliphatic rings. The molecule has 0 aliphatic carbocycles. The average Bonchev–Trinajstić information content (AvgIpc) is 2.32. The summed E-state index contributed by atoms with van der Waals surface area (Å²) in [5, 5.41) is 1.08. The summed E-state index contributed by atoms with van der Waals surface area (Å²) in [5.74, 6) is 0. The second-order valence-electron chi connectivity index (χ2n) is 2.73. The van der Waals surface area contributed by atoms with Crippen molar-refractivity contribution < 1.29 is 9.47 Å². The van der Waals surface area contributed by atoms with E-state index in [1.807, 2.05) is 11.8 Å². The monoisotopic (exact) mass is 175 g/mol. The molecule has 1 radical (unpaired) electrons. The van der Waals surface area contributed by atoms with Gasteiger partial charge in [0.15, 0.2) is 0 Å². The van der Waals surface area contributed by atoms with Crippen LogP contribution < -0.4 is 0 Å². The van der Waals surface area contributed by atoms with Crippen molar-refractivity contribution >= 4 is 11.8 Å². The highest BCUT2D eigenvalue weighted by Gasteiger charge is 2.32. The molecule has 1 aliphatic heterocycles. The van der Waals surface area contributed by atoms with Gasteiger partial charge in [-0.15, -0.1) is 11.8 Å². The summed E-state index contributed by atoms with van der Waals surface area (Å²) in [4.78, 5) is 0. The van der Waals surface area contributed by atoms with Crippen molar-refractivity contribution in [2.24, 2.45) is 0 Å². The molecular weight excluding hydrogens is 160 g/mol. The third-order valence-corrected chi connectivity index (χ3v) is 3.16. The number of methoxy groups -OCH3 is 2. The minimum atomic E-state index is 0.273. The number of hydrogen-bond acceptors (Lipinski definition) is 3. The molecule has 1 fully saturated rings. The highest BCUT2D eigenvalue weighted by atomic mass is 32.2. The first-order valence-electron chi connectivity index (χ1n) is 3.80. The van der Waals surface area contributed by atoms with Gasteiger partial charge in [-0.25, -0.2) is 0 Å². The van der Waals surface area contributed by atoms with Gasteiger partial charge in [0, 0.05) is 25.9 Å². The van der Waals surface area contributed by atoms with Crippen molar-refractivity contribution in [3.8, 4) is 0 Å². The third-order valence-electron chi connectivity index (χ3n) is 1.82. The minimum absolute atomic E-state index is 0.273. The van der Waals surface area contributed by atoms with Gasteiger partial charge in [0.05, 0.1) is 18.0 Å². The van der Waals surface area contributed by atoms with Crippen LogP contribution in [0.3, 0.4) is 0 Å². The fourth-order valence-corrected chi connectivity index (χ4v) is 2.69. The van der Waals surface area contributed by atoms with Crippen molar-refractivity contribution in [2.45, 2.75) is 23.5 Å². The van der Waals surface area contributed by atoms with E-state index >= 15 is 0 Å². The number of thioether (sulfide) groups is 1. The summed E-state index contributed by atoms with van der Waals surface area (Å²) < 4.78 is 10.4. The minimum Gasteiger partial charge on any atom is -0.383 e. The molecule has 1 heterocycles. The SMILES string of the molecule is COCC1SC(C)[CH]C1OC. The fourth-order valence-electron chi connectivity index (χ4n) is 1.32. The van der Waals surface area contributed by atoms with Crippen molar-refractivity contribution in [3.05, 3.63) is 6.42 Å². The molecule has 0 bridgehead atoms. The molecule has 0 N–H and O–H groups in total. The van der Waals surface area contributed by atoms with Crippen LogP contribution >= 0.6 is 11.8 Å². The Morgan fingerprint density at radius 1 is 1.45 bits per heavy atom. The summed E-state index contributed by atoms with van der Waals surface area (Å²) in [7, 11) is 3.48. The Hall–Kier alpha value is 0.270. The Morgan fingerprint density at radius 2 is 2.18 bits per heavy atom. The molecule has 3 unspecified atom stereocenters. The molecule has 0 saturated carbocycles. The van der Waals surface area contributed by atoms with E-state index in [9.17, 15) is 0 Å². The summed E-state index contributed by atoms with van der Waals surface area (Å²) in [5.41, 5.74) is 0. The Morgan fingerprint density at radius 3 is 2.73 bits per heavy atom. The molecule has 65 valence electrons. The van der Waals surface area contributed by atoms with Crippen LogP contribution in [0.1, 0.15) is 6.92 Å². The van der Waals surface area contributed by atoms with Gasteiger partial charge in [-0.1, -0.05) is 6.92 Å². The zero-order chi connectivity index (χ0) is 8.27. The highest BCUT2D eigenvalue weighted by molar-refractivity contribution is 8.01. The van der Waals surface area contributed by atoms with Crippen molar-refractivity contribution in [1.82, 2.24) is 0 Å². The molecule has 11 heavy (non-hydrogen) atoms. The van der Waals surface area contributed by atoms with E-state index in [1.54, 1.807) is 14.2 Å². The smallest absolute Gasteiger partial charge is 0.0754 e. The van der Waals surface area contributed by atoms with Gasteiger partial charge in [0.25, 0.3) is 0 Å². The maximum atomic E-state index is 5.29. The molecule has 0 amide bonds. The van der Waals surface area contributed by atoms with Gasteiger partial charge in [-0.3, -0.25) is 0 Å². The van der Waals surface area contributed by atoms with E-state index < -0.39 is 0 Å². The Bertz CT molecular complexity index is 119. The van der Waals surface area contributed by atoms with Gasteiger partial charge in [-0.2, -0.15) is 0 Å². The van der Waals surface area contributed by atoms with E-state index in [4.69, 9.17) is 9.47 Å². The fraction of sp³-hybridized carbons (Fsp3) is 0.875. The second-order valence-corrected chi connectivity index (χ2v) is 4.35. The topological polar surface area (TPSA) is 18.5 Å². The van der Waals surface area contributed by atoms with Crippen LogP contribution in [0.2, 0.25) is 0 Å². The number of hydrogen-bond donors (Lipinski definition) is 0. The van der Waals surface area contributed by atoms with E-state index in [2.05, 4.69) is 13.3 Å². The molecule has 3 heteroatoms. The maximum Gasteiger partial charge on any atom is 0.0754 e. The predicted molar refractivity (Wildman–Crippen MR) is 47.8 cm³/mol. The van der Waals surface area contributed by atoms with Crippen LogP contribution in [0.25, 0.3) is 0 Å². The maximum absolute atomic E-state index is 5.29. The lowest BCUT2D eigenvalue weighted by molar-refractivity contribution is 0.0967. The van der Waals surface area contributed by atoms with Gasteiger partial charge in [-0.05, 0) is 0 Å². The molecule has 0 spiro atoms. The van der Waals surface area contributed by atoms with Crippen molar-refractivity contribution in [1.29, 1.82) is 0 Å². The summed E-state index contributed by atoms with van der Waals surface area (Å²) in [6.45, 7) is 2.97. The summed E-state index contributed by atoms with van der Waals surface area (Å²) in [6, 6.07) is 0. The van der Waals surface area contributed by atoms with Gasteiger partial charge >= 0.3 is 0 Å². The standard InChI is InChI=1S/C8H15O2S/c1-6-4-7(10-3)8(11-6)5-9-2/h4,6-8H,5H2,1-3H3. The van der Waals surface area contributed by atoms with Crippen LogP contribution in [0.5, 0.6) is 0 Å². The molecule has 0 aromatic rings. The Balaban J connectivity index is 2.37. The largest absolute Gasteiger partial charge is 0.383 e. The van der Waals surface area contributed by atoms with Crippen LogP contribution in [-0.4, -0.2) is 37.4 Å². The molecule has 3 atom stereocenters. The molecule has 1 saturated heterocycles. The van der Waals surface area contributed by atoms with E-state index in [1.165, 1.54) is 0 Å². The molecular formula is C8H15O2S. The van der Waals surface area contributed by atoms with Gasteiger partial charge in [0.1, 0.15) is 0 Å². The molecule has 0 aromatic heterocycles. The molecule has 2 nitrogen and oxygen atoms in total. The number of rotatable bonds is 3. The zero-order valence-corrected chi connectivity index (χ0v) is 8.06. The molecule has 1 rings (SSSR count). The lowest BCUT2D eigenvalue weighted by Crippen LogP contribution is -2.24. The van der Waals surface area contributed by atoms with E-state index in [0.29, 0.717) is 10.5 Å². The first kappa shape index (κ1) is 9.36. The van der Waals surface area contributed by atoms with Gasteiger partial charge in [0.2, 0.25) is 0 Å². The van der Waals surface area contributed by atoms with Crippen LogP contribution in [0, 0.1) is 6.42 Å². The Labute approximate surface area is 72.6 Å². The van der Waals surface area contributed by atoms with Crippen LogP contribution in [-0.2, 0) is 9.47 Å². The first-order valence-corrected chi connectivity index (χ1v) is 4.74. The lowest BCUT2D eigenvalue weighted by Gasteiger charge is -2.15. The van der Waals surface area contributed by atoms with Crippen LogP contribution in [0.15, 0.2) is 0 Å². The van der Waals surface area contributed by atoms with Crippen LogP contribution in [0.4, 0.5) is 0 Å². The summed E-state index contributed by atoms with van der Waals surface area (Å²) in [6.07, 6.45) is 2.50. The summed E-state index contributed by atoms with van der Waals surface area (Å²) >= 11 is 1.92. The molecule has 0 aromatic carbocycles. The van der Waals surface area contributed by atoms with Crippen molar-refractivity contribution in [3.63, 3.8) is 0 Å². The number of ether oxygens (including phenoxy) is 2. The first-order chi connectivity index (χ1) is 5.27.